The predicted octanol–water partition coefficient (Wildman–Crippen LogP) is 4.64. The zero-order valence-electron chi connectivity index (χ0n) is 26.0. The van der Waals surface area contributed by atoms with E-state index in [0.717, 1.165) is 76.5 Å². The molecule has 1 atom stereocenters. The van der Waals surface area contributed by atoms with Crippen LogP contribution in [0.5, 0.6) is 0 Å². The molecule has 0 unspecified atom stereocenters. The van der Waals surface area contributed by atoms with E-state index < -0.39 is 0 Å². The van der Waals surface area contributed by atoms with Crippen molar-refractivity contribution in [3.63, 3.8) is 0 Å². The summed E-state index contributed by atoms with van der Waals surface area (Å²) in [5.74, 6) is 0.0470. The van der Waals surface area contributed by atoms with Crippen LogP contribution in [0.3, 0.4) is 0 Å². The maximum Gasteiger partial charge on any atom is 0.272 e. The summed E-state index contributed by atoms with van der Waals surface area (Å²) < 4.78 is 0. The molecule has 0 spiro atoms. The van der Waals surface area contributed by atoms with Crippen LogP contribution in [-0.4, -0.2) is 96.4 Å². The summed E-state index contributed by atoms with van der Waals surface area (Å²) in [6.45, 7) is 14.2. The van der Waals surface area contributed by atoms with Crippen LogP contribution in [0.2, 0.25) is 0 Å². The number of hydrogen-bond donors (Lipinski definition) is 0. The average Bonchev–Trinajstić information content (AvgIpc) is 3.76. The Labute approximate surface area is 260 Å². The molecule has 5 heterocycles. The molecular weight excluding hydrogens is 548 g/mol. The molecule has 8 heteroatoms. The van der Waals surface area contributed by atoms with Crippen LogP contribution in [0.1, 0.15) is 53.0 Å². The molecule has 8 nitrogen and oxygen atoms in total. The van der Waals surface area contributed by atoms with Gasteiger partial charge in [0, 0.05) is 74.2 Å². The van der Waals surface area contributed by atoms with Gasteiger partial charge in [0.2, 0.25) is 5.91 Å². The standard InChI is InChI=1S/C36H44N6O2/c1-3-34(43)40-21-19-39(20-22-40)33-23-30(36(44)42-17-8-12-28(42)24-38-15-4-5-16-38)37-31-25-41(18-14-29(31)33)32-13-7-11-27-10-6-9-26(2)35(27)32/h3,6-7,9-11,13,23,28H,1,4-5,8,12,14-22,24-25H2,2H3/t28-/m0/s1. The Morgan fingerprint density at radius 2 is 1.68 bits per heavy atom. The minimum Gasteiger partial charge on any atom is -0.368 e. The normalized spacial score (nSPS) is 20.8. The lowest BCUT2D eigenvalue weighted by Gasteiger charge is -2.39. The number of aryl methyl sites for hydroxylation is 1. The number of amides is 2. The number of piperazine rings is 1. The Morgan fingerprint density at radius 3 is 2.45 bits per heavy atom. The number of anilines is 2. The van der Waals surface area contributed by atoms with Crippen LogP contribution in [-0.2, 0) is 17.8 Å². The van der Waals surface area contributed by atoms with Crippen molar-refractivity contribution in [1.82, 2.24) is 19.7 Å². The van der Waals surface area contributed by atoms with E-state index in [4.69, 9.17) is 4.98 Å². The molecule has 0 saturated carbocycles. The molecule has 0 aliphatic carbocycles. The lowest BCUT2D eigenvalue weighted by Crippen LogP contribution is -2.49. The number of pyridine rings is 1. The highest BCUT2D eigenvalue weighted by molar-refractivity contribution is 5.97. The number of hydrogen-bond acceptors (Lipinski definition) is 6. The number of nitrogens with zero attached hydrogens (tertiary/aromatic N) is 6. The second-order valence-electron chi connectivity index (χ2n) is 12.9. The quantitative estimate of drug-likeness (QED) is 0.389. The molecule has 2 amide bonds. The molecule has 44 heavy (non-hydrogen) atoms. The molecule has 1 aromatic heterocycles. The molecule has 3 fully saturated rings. The number of carbonyl (C=O) groups excluding carboxylic acids is 2. The minimum atomic E-state index is -0.0172. The second kappa shape index (κ2) is 12.2. The molecule has 0 bridgehead atoms. The van der Waals surface area contributed by atoms with Crippen LogP contribution >= 0.6 is 0 Å². The Morgan fingerprint density at radius 1 is 0.909 bits per heavy atom. The Balaban J connectivity index is 1.22. The maximum absolute atomic E-state index is 14.3. The van der Waals surface area contributed by atoms with Crippen LogP contribution in [0.25, 0.3) is 10.8 Å². The van der Waals surface area contributed by atoms with Gasteiger partial charge in [-0.1, -0.05) is 36.9 Å². The maximum atomic E-state index is 14.3. The topological polar surface area (TPSA) is 63.2 Å². The summed E-state index contributed by atoms with van der Waals surface area (Å²) in [6, 6.07) is 15.4. The second-order valence-corrected chi connectivity index (χ2v) is 12.9. The van der Waals surface area contributed by atoms with Gasteiger partial charge in [-0.2, -0.15) is 0 Å². The van der Waals surface area contributed by atoms with Gasteiger partial charge in [0.1, 0.15) is 5.69 Å². The molecule has 2 aromatic carbocycles. The highest BCUT2D eigenvalue weighted by atomic mass is 16.2. The number of rotatable bonds is 6. The fourth-order valence-electron chi connectivity index (χ4n) is 7.89. The van der Waals surface area contributed by atoms with E-state index in [2.05, 4.69) is 75.6 Å². The largest absolute Gasteiger partial charge is 0.368 e. The van der Waals surface area contributed by atoms with E-state index in [1.165, 1.54) is 46.5 Å². The zero-order valence-corrected chi connectivity index (χ0v) is 26.0. The first-order chi connectivity index (χ1) is 21.5. The lowest BCUT2D eigenvalue weighted by molar-refractivity contribution is -0.126. The number of carbonyl (C=O) groups is 2. The molecular formula is C36H44N6O2. The molecule has 0 radical (unpaired) electrons. The summed E-state index contributed by atoms with van der Waals surface area (Å²) in [7, 11) is 0. The van der Waals surface area contributed by atoms with Crippen molar-refractivity contribution in [3.05, 3.63) is 77.6 Å². The van der Waals surface area contributed by atoms with E-state index in [9.17, 15) is 9.59 Å². The van der Waals surface area contributed by atoms with Crippen molar-refractivity contribution in [1.29, 1.82) is 0 Å². The van der Waals surface area contributed by atoms with Crippen LogP contribution in [0.4, 0.5) is 11.4 Å². The monoisotopic (exact) mass is 592 g/mol. The van der Waals surface area contributed by atoms with Gasteiger partial charge < -0.3 is 24.5 Å². The van der Waals surface area contributed by atoms with Crippen molar-refractivity contribution < 1.29 is 9.59 Å². The van der Waals surface area contributed by atoms with Gasteiger partial charge in [0.25, 0.3) is 5.91 Å². The van der Waals surface area contributed by atoms with E-state index in [1.54, 1.807) is 0 Å². The fourth-order valence-corrected chi connectivity index (χ4v) is 7.89. The van der Waals surface area contributed by atoms with Gasteiger partial charge in [-0.15, -0.1) is 0 Å². The third-order valence-electron chi connectivity index (χ3n) is 10.2. The van der Waals surface area contributed by atoms with Crippen molar-refractivity contribution in [2.24, 2.45) is 0 Å². The molecule has 7 rings (SSSR count). The Kier molecular flexibility index (Phi) is 8.02. The third-order valence-corrected chi connectivity index (χ3v) is 10.2. The smallest absolute Gasteiger partial charge is 0.272 e. The third kappa shape index (κ3) is 5.45. The first-order valence-electron chi connectivity index (χ1n) is 16.5. The van der Waals surface area contributed by atoms with Crippen molar-refractivity contribution in [2.75, 3.05) is 68.7 Å². The fraction of sp³-hybridized carbons (Fsp3) is 0.472. The first kappa shape index (κ1) is 28.8. The SMILES string of the molecule is C=CC(=O)N1CCN(c2cc(C(=O)N3CCC[C@H]3CN3CCCC3)nc3c2CCN(c2cccc4cccc(C)c24)C3)CC1. The molecule has 0 N–H and O–H groups in total. The molecule has 230 valence electrons. The minimum absolute atomic E-state index is 0.0172. The molecule has 4 aliphatic rings. The predicted molar refractivity (Wildman–Crippen MR) is 176 cm³/mol. The van der Waals surface area contributed by atoms with Crippen LogP contribution in [0.15, 0.2) is 55.1 Å². The van der Waals surface area contributed by atoms with Gasteiger partial charge in [0.05, 0.1) is 12.2 Å². The molecule has 3 aromatic rings. The molecule has 4 aliphatic heterocycles. The van der Waals surface area contributed by atoms with E-state index in [-0.39, 0.29) is 17.9 Å². The Hall–Kier alpha value is -3.91. The number of benzene rings is 2. The van der Waals surface area contributed by atoms with Crippen LogP contribution < -0.4 is 9.80 Å². The highest BCUT2D eigenvalue weighted by Gasteiger charge is 2.34. The van der Waals surface area contributed by atoms with Crippen molar-refractivity contribution in [2.45, 2.75) is 51.6 Å². The van der Waals surface area contributed by atoms with E-state index >= 15 is 0 Å². The number of aromatic nitrogens is 1. The van der Waals surface area contributed by atoms with Crippen molar-refractivity contribution >= 4 is 34.0 Å². The van der Waals surface area contributed by atoms with Gasteiger partial charge in [-0.05, 0) is 81.3 Å². The highest BCUT2D eigenvalue weighted by Crippen LogP contribution is 2.36. The number of fused-ring (bicyclic) bond motifs is 2. The summed E-state index contributed by atoms with van der Waals surface area (Å²) in [6.07, 6.45) is 6.90. The van der Waals surface area contributed by atoms with Gasteiger partial charge in [-0.25, -0.2) is 4.98 Å². The van der Waals surface area contributed by atoms with E-state index in [0.29, 0.717) is 25.3 Å². The summed E-state index contributed by atoms with van der Waals surface area (Å²) >= 11 is 0. The lowest BCUT2D eigenvalue weighted by atomic mass is 9.97. The van der Waals surface area contributed by atoms with Crippen molar-refractivity contribution in [3.8, 4) is 0 Å². The zero-order chi connectivity index (χ0) is 30.2. The summed E-state index contributed by atoms with van der Waals surface area (Å²) in [5, 5.41) is 2.53. The first-order valence-corrected chi connectivity index (χ1v) is 16.5. The van der Waals surface area contributed by atoms with Crippen LogP contribution in [0, 0.1) is 6.92 Å². The Bertz CT molecular complexity index is 1570. The number of likely N-dealkylation sites (tertiary alicyclic amines) is 2. The summed E-state index contributed by atoms with van der Waals surface area (Å²) in [5.41, 5.74) is 6.43. The van der Waals surface area contributed by atoms with Gasteiger partial charge in [-0.3, -0.25) is 9.59 Å². The van der Waals surface area contributed by atoms with Gasteiger partial charge in [0.15, 0.2) is 0 Å². The summed E-state index contributed by atoms with van der Waals surface area (Å²) in [4.78, 5) is 43.0. The average molecular weight is 593 g/mol. The van der Waals surface area contributed by atoms with Gasteiger partial charge >= 0.3 is 0 Å². The molecule has 3 saturated heterocycles. The van der Waals surface area contributed by atoms with E-state index in [1.807, 2.05) is 4.90 Å².